The number of rotatable bonds is 2. The fraction of sp³-hybridized carbons (Fsp3) is 0. The zero-order chi connectivity index (χ0) is 8.57. The Morgan fingerprint density at radius 2 is 1.00 bits per heavy atom. The van der Waals surface area contributed by atoms with E-state index in [4.69, 9.17) is 30.6 Å². The second kappa shape index (κ2) is 17.4. The predicted octanol–water partition coefficient (Wildman–Crippen LogP) is -9.22. The zero-order valence-electron chi connectivity index (χ0n) is 6.79. The topological polar surface area (TPSA) is 128 Å². The van der Waals surface area contributed by atoms with E-state index in [0.717, 1.165) is 0 Å². The van der Waals surface area contributed by atoms with Crippen LogP contribution in [0.15, 0.2) is 0 Å². The molecular formula is C4H4N2Na2O4. The van der Waals surface area contributed by atoms with Crippen molar-refractivity contribution < 1.29 is 78.9 Å². The molecular weight excluding hydrogens is 186 g/mol. The molecule has 0 aromatic rings. The van der Waals surface area contributed by atoms with Crippen molar-refractivity contribution in [1.82, 2.24) is 0 Å². The first-order valence-corrected chi connectivity index (χ1v) is 1.97. The van der Waals surface area contributed by atoms with Gasteiger partial charge in [0.1, 0.15) is 0 Å². The largest absolute Gasteiger partial charge is 1.00 e. The van der Waals surface area contributed by atoms with Gasteiger partial charge in [-0.3, -0.25) is 0 Å². The first-order valence-electron chi connectivity index (χ1n) is 1.97. The van der Waals surface area contributed by atoms with Gasteiger partial charge in [-0.25, -0.2) is 0 Å². The fourth-order valence-electron chi connectivity index (χ4n) is 0. The Hall–Kier alpha value is 0.280. The smallest absolute Gasteiger partial charge is 0.544 e. The number of carboxylic acid groups (broad SMARTS) is 2. The Balaban J connectivity index is -0.0000000457. The van der Waals surface area contributed by atoms with Gasteiger partial charge in [-0.2, -0.15) is 0 Å². The Morgan fingerprint density at radius 3 is 1.00 bits per heavy atom. The first kappa shape index (κ1) is 22.8. The normalized spacial score (nSPS) is 5.33. The van der Waals surface area contributed by atoms with Gasteiger partial charge in [0.2, 0.25) is 0 Å². The second-order valence-electron chi connectivity index (χ2n) is 0.927. The summed E-state index contributed by atoms with van der Waals surface area (Å²) in [7, 11) is 0. The van der Waals surface area contributed by atoms with E-state index >= 15 is 0 Å². The molecule has 0 saturated carbocycles. The van der Waals surface area contributed by atoms with E-state index in [1.54, 1.807) is 0 Å². The minimum Gasteiger partial charge on any atom is -0.544 e. The van der Waals surface area contributed by atoms with Gasteiger partial charge in [0, 0.05) is 12.4 Å². The molecule has 12 heavy (non-hydrogen) atoms. The molecule has 0 aliphatic carbocycles. The van der Waals surface area contributed by atoms with Crippen molar-refractivity contribution in [2.75, 3.05) is 0 Å². The van der Waals surface area contributed by atoms with Crippen LogP contribution in [0.25, 0.3) is 0 Å². The van der Waals surface area contributed by atoms with Crippen molar-refractivity contribution in [3.05, 3.63) is 0 Å². The van der Waals surface area contributed by atoms with Gasteiger partial charge in [-0.05, 0) is 0 Å². The van der Waals surface area contributed by atoms with Crippen LogP contribution in [0.2, 0.25) is 0 Å². The van der Waals surface area contributed by atoms with Crippen molar-refractivity contribution in [2.24, 2.45) is 0 Å². The minimum absolute atomic E-state index is 0. The number of carbonyl (C=O) groups is 2. The molecule has 0 aliphatic heterocycles. The summed E-state index contributed by atoms with van der Waals surface area (Å²) in [6.07, 6.45) is 0.444. The maximum absolute atomic E-state index is 9.01. The van der Waals surface area contributed by atoms with E-state index in [1.807, 2.05) is 0 Å². The molecule has 0 aliphatic rings. The van der Waals surface area contributed by atoms with Crippen LogP contribution in [-0.2, 0) is 9.59 Å². The number of carboxylic acids is 2. The van der Waals surface area contributed by atoms with Crippen LogP contribution >= 0.6 is 0 Å². The van der Waals surface area contributed by atoms with Crippen LogP contribution in [0, 0.1) is 10.8 Å². The molecule has 0 radical (unpaired) electrons. The van der Waals surface area contributed by atoms with Gasteiger partial charge >= 0.3 is 59.1 Å². The van der Waals surface area contributed by atoms with E-state index in [2.05, 4.69) is 0 Å². The summed E-state index contributed by atoms with van der Waals surface area (Å²) in [6, 6.07) is 0. The molecule has 0 rings (SSSR count). The third-order valence-corrected chi connectivity index (χ3v) is 0.236. The molecule has 0 fully saturated rings. The first-order chi connectivity index (χ1) is 4.54. The zero-order valence-corrected chi connectivity index (χ0v) is 10.8. The van der Waals surface area contributed by atoms with Gasteiger partial charge in [-0.15, -0.1) is 0 Å². The number of carbonyl (C=O) groups excluding carboxylic acids is 2. The van der Waals surface area contributed by atoms with Gasteiger partial charge < -0.3 is 30.6 Å². The van der Waals surface area contributed by atoms with Crippen molar-refractivity contribution in [3.63, 3.8) is 0 Å². The summed E-state index contributed by atoms with van der Waals surface area (Å²) in [5.41, 5.74) is 0. The van der Waals surface area contributed by atoms with Crippen LogP contribution in [0.4, 0.5) is 0 Å². The van der Waals surface area contributed by atoms with Crippen LogP contribution in [0.1, 0.15) is 0 Å². The van der Waals surface area contributed by atoms with Crippen LogP contribution < -0.4 is 69.3 Å². The van der Waals surface area contributed by atoms with E-state index in [0.29, 0.717) is 0 Å². The molecule has 0 amide bonds. The van der Waals surface area contributed by atoms with Crippen molar-refractivity contribution >= 4 is 24.4 Å². The Morgan fingerprint density at radius 1 is 0.917 bits per heavy atom. The second-order valence-corrected chi connectivity index (χ2v) is 0.927. The van der Waals surface area contributed by atoms with Crippen LogP contribution in [0.5, 0.6) is 0 Å². The Labute approximate surface area is 113 Å². The monoisotopic (exact) mass is 190 g/mol. The summed E-state index contributed by atoms with van der Waals surface area (Å²) in [5, 5.41) is 29.8. The van der Waals surface area contributed by atoms with Gasteiger partial charge in [-0.1, -0.05) is 0 Å². The van der Waals surface area contributed by atoms with E-state index < -0.39 is 11.9 Å². The van der Waals surface area contributed by atoms with Crippen LogP contribution in [0.3, 0.4) is 0 Å². The number of hydrogen-bond donors (Lipinski definition) is 2. The fourth-order valence-corrected chi connectivity index (χ4v) is 0. The molecule has 0 spiro atoms. The summed E-state index contributed by atoms with van der Waals surface area (Å²) < 4.78 is 0. The number of hydrogen-bond acceptors (Lipinski definition) is 6. The van der Waals surface area contributed by atoms with Crippen molar-refractivity contribution in [3.8, 4) is 0 Å². The number of aliphatic carboxylic acids is 2. The van der Waals surface area contributed by atoms with Crippen molar-refractivity contribution in [2.45, 2.75) is 0 Å². The molecule has 0 aromatic heterocycles. The summed E-state index contributed by atoms with van der Waals surface area (Å²) >= 11 is 0. The predicted molar refractivity (Wildman–Crippen MR) is 27.6 cm³/mol. The SMILES string of the molecule is N=CC(=O)[O-].N=CC(=O)[O-].[Na+].[Na+]. The molecule has 0 saturated heterocycles. The minimum atomic E-state index is -1.45. The van der Waals surface area contributed by atoms with Gasteiger partial charge in [0.05, 0.1) is 11.9 Å². The van der Waals surface area contributed by atoms with Gasteiger partial charge in [0.15, 0.2) is 0 Å². The molecule has 0 atom stereocenters. The third-order valence-electron chi connectivity index (χ3n) is 0.236. The average molecular weight is 190 g/mol. The van der Waals surface area contributed by atoms with E-state index in [9.17, 15) is 0 Å². The van der Waals surface area contributed by atoms with Crippen molar-refractivity contribution in [1.29, 1.82) is 10.8 Å². The summed E-state index contributed by atoms with van der Waals surface area (Å²) in [4.78, 5) is 18.0. The molecule has 0 bridgehead atoms. The molecule has 2 N–H and O–H groups in total. The number of nitrogens with one attached hydrogen (secondary N) is 2. The van der Waals surface area contributed by atoms with Gasteiger partial charge in [0.25, 0.3) is 0 Å². The van der Waals surface area contributed by atoms with E-state index in [1.165, 1.54) is 0 Å². The molecule has 56 valence electrons. The molecule has 0 heterocycles. The Bertz CT molecular complexity index is 143. The van der Waals surface area contributed by atoms with Crippen LogP contribution in [-0.4, -0.2) is 24.4 Å². The summed E-state index contributed by atoms with van der Waals surface area (Å²) in [6.45, 7) is 0. The summed E-state index contributed by atoms with van der Waals surface area (Å²) in [5.74, 6) is -2.91. The third kappa shape index (κ3) is 48.3. The standard InChI is InChI=1S/2C2H3NO2.2Na/c2*3-1-2(4)5;;/h2*1,3H,(H,4,5);;/q;;2*+1/p-2. The maximum Gasteiger partial charge on any atom is 1.00 e. The van der Waals surface area contributed by atoms with E-state index in [-0.39, 0.29) is 71.5 Å². The maximum atomic E-state index is 9.01. The molecule has 8 heteroatoms. The molecule has 6 nitrogen and oxygen atoms in total. The molecule has 0 aromatic carbocycles. The Kier molecular flexibility index (Phi) is 33.0. The average Bonchev–Trinajstić information content (AvgIpc) is 1.89. The molecule has 0 unspecified atom stereocenters. The quantitative estimate of drug-likeness (QED) is 0.331.